The molecule has 0 heterocycles. The second-order valence-corrected chi connectivity index (χ2v) is 10.4. The van der Waals surface area contributed by atoms with Gasteiger partial charge >= 0.3 is 0 Å². The number of hydrazine groups is 1. The van der Waals surface area contributed by atoms with Crippen molar-refractivity contribution in [2.45, 2.75) is 66.0 Å². The van der Waals surface area contributed by atoms with Crippen LogP contribution < -0.4 is 10.7 Å². The zero-order valence-electron chi connectivity index (χ0n) is 24.8. The average Bonchev–Trinajstić information content (AvgIpc) is 2.96. The molecule has 4 N–H and O–H groups in total. The Bertz CT molecular complexity index is 1200. The molecule has 2 aromatic carbocycles. The third-order valence-corrected chi connectivity index (χ3v) is 6.64. The number of aliphatic hydroxyl groups is 1. The zero-order valence-corrected chi connectivity index (χ0v) is 24.8. The molecule has 0 aliphatic heterocycles. The Morgan fingerprint density at radius 3 is 2.12 bits per heavy atom. The van der Waals surface area contributed by atoms with Crippen molar-refractivity contribution in [3.05, 3.63) is 64.7 Å². The smallest absolute Gasteiger partial charge is 0.253 e. The number of benzene rings is 2. The number of aliphatic hydroxyl groups excluding tert-OH is 1. The first-order valence-electron chi connectivity index (χ1n) is 14.3. The molecule has 9 nitrogen and oxygen atoms in total. The van der Waals surface area contributed by atoms with Crippen LogP contribution in [0.4, 0.5) is 0 Å². The fraction of sp³-hybridized carbons (Fsp3) is 0.469. The predicted molar refractivity (Wildman–Crippen MR) is 160 cm³/mol. The monoisotopic (exact) mass is 564 g/mol. The van der Waals surface area contributed by atoms with Gasteiger partial charge in [-0.3, -0.25) is 19.8 Å². The molecule has 222 valence electrons. The number of likely N-dealkylation sites (N-methyl/N-ethyl adjacent to an activating group) is 1. The van der Waals surface area contributed by atoms with E-state index >= 15 is 0 Å². The van der Waals surface area contributed by atoms with E-state index in [-0.39, 0.29) is 42.0 Å². The first-order valence-corrected chi connectivity index (χ1v) is 14.3. The highest BCUT2D eigenvalue weighted by Gasteiger charge is 2.26. The molecular weight excluding hydrogens is 520 g/mol. The SMILES string of the molecule is C#Cc1cc(C(=O)NC(Cc2ccc(O)cc2)C(O)CN(CC)NC(=O)C(C)C)cc(C(=O)N(CCC)CCC)c1. The largest absolute Gasteiger partial charge is 0.508 e. The van der Waals surface area contributed by atoms with Crippen LogP contribution in [0.1, 0.15) is 79.3 Å². The molecule has 0 aliphatic rings. The Balaban J connectivity index is 2.36. The van der Waals surface area contributed by atoms with Crippen molar-refractivity contribution in [3.8, 4) is 18.1 Å². The second kappa shape index (κ2) is 16.4. The van der Waals surface area contributed by atoms with Gasteiger partial charge in [0.1, 0.15) is 5.75 Å². The molecule has 0 radical (unpaired) electrons. The van der Waals surface area contributed by atoms with Gasteiger partial charge in [-0.1, -0.05) is 52.7 Å². The Kier molecular flexibility index (Phi) is 13.3. The third kappa shape index (κ3) is 10.2. The van der Waals surface area contributed by atoms with Crippen LogP contribution in [-0.2, 0) is 11.2 Å². The average molecular weight is 565 g/mol. The highest BCUT2D eigenvalue weighted by atomic mass is 16.3. The van der Waals surface area contributed by atoms with Gasteiger partial charge in [0.25, 0.3) is 11.8 Å². The molecule has 2 atom stereocenters. The first-order chi connectivity index (χ1) is 19.5. The lowest BCUT2D eigenvalue weighted by molar-refractivity contribution is -0.129. The number of hydrogen-bond acceptors (Lipinski definition) is 6. The van der Waals surface area contributed by atoms with Gasteiger partial charge in [0, 0.05) is 48.8 Å². The lowest BCUT2D eigenvalue weighted by atomic mass is 9.99. The van der Waals surface area contributed by atoms with Crippen molar-refractivity contribution in [2.24, 2.45) is 5.92 Å². The fourth-order valence-electron chi connectivity index (χ4n) is 4.32. The van der Waals surface area contributed by atoms with E-state index < -0.39 is 18.1 Å². The van der Waals surface area contributed by atoms with Crippen LogP contribution in [-0.4, -0.2) is 76.2 Å². The summed E-state index contributed by atoms with van der Waals surface area (Å²) in [5.74, 6) is 1.53. The van der Waals surface area contributed by atoms with E-state index in [0.717, 1.165) is 18.4 Å². The summed E-state index contributed by atoms with van der Waals surface area (Å²) in [4.78, 5) is 40.8. The molecule has 2 rings (SSSR count). The minimum absolute atomic E-state index is 0.0646. The molecule has 3 amide bonds. The summed E-state index contributed by atoms with van der Waals surface area (Å²) in [7, 11) is 0. The van der Waals surface area contributed by atoms with E-state index in [1.54, 1.807) is 48.0 Å². The van der Waals surface area contributed by atoms with Gasteiger partial charge in [-0.25, -0.2) is 5.01 Å². The van der Waals surface area contributed by atoms with E-state index in [0.29, 0.717) is 30.8 Å². The summed E-state index contributed by atoms with van der Waals surface area (Å²) in [5.41, 5.74) is 4.52. The molecule has 9 heteroatoms. The summed E-state index contributed by atoms with van der Waals surface area (Å²) in [6.07, 6.45) is 6.46. The first kappa shape index (κ1) is 33.3. The number of phenols is 1. The van der Waals surface area contributed by atoms with Crippen molar-refractivity contribution in [2.75, 3.05) is 26.2 Å². The number of nitrogens with zero attached hydrogens (tertiary/aromatic N) is 2. The van der Waals surface area contributed by atoms with Gasteiger partial charge in [0.15, 0.2) is 0 Å². The van der Waals surface area contributed by atoms with Crippen LogP contribution in [0.3, 0.4) is 0 Å². The number of terminal acetylenes is 1. The molecule has 0 aliphatic carbocycles. The predicted octanol–water partition coefficient (Wildman–Crippen LogP) is 3.35. The normalized spacial score (nSPS) is 12.5. The van der Waals surface area contributed by atoms with Gasteiger partial charge in [-0.05, 0) is 55.2 Å². The number of hydrogen-bond donors (Lipinski definition) is 4. The summed E-state index contributed by atoms with van der Waals surface area (Å²) in [6, 6.07) is 10.4. The number of amides is 3. The maximum atomic E-state index is 13.6. The molecule has 2 aromatic rings. The number of rotatable bonds is 15. The van der Waals surface area contributed by atoms with Gasteiger partial charge in [0.05, 0.1) is 12.1 Å². The topological polar surface area (TPSA) is 122 Å². The van der Waals surface area contributed by atoms with Crippen molar-refractivity contribution in [1.82, 2.24) is 20.7 Å². The van der Waals surface area contributed by atoms with Crippen LogP contribution in [0.5, 0.6) is 5.75 Å². The minimum Gasteiger partial charge on any atom is -0.508 e. The van der Waals surface area contributed by atoms with Gasteiger partial charge in [-0.15, -0.1) is 6.42 Å². The Morgan fingerprint density at radius 2 is 1.59 bits per heavy atom. The fourth-order valence-corrected chi connectivity index (χ4v) is 4.32. The van der Waals surface area contributed by atoms with Crippen LogP contribution in [0.15, 0.2) is 42.5 Å². The van der Waals surface area contributed by atoms with Gasteiger partial charge in [0.2, 0.25) is 5.91 Å². The number of carbonyl (C=O) groups excluding carboxylic acids is 3. The van der Waals surface area contributed by atoms with Crippen molar-refractivity contribution >= 4 is 17.7 Å². The Morgan fingerprint density at radius 1 is 0.976 bits per heavy atom. The summed E-state index contributed by atoms with van der Waals surface area (Å²) in [6.45, 7) is 11.1. The van der Waals surface area contributed by atoms with Crippen molar-refractivity contribution in [1.29, 1.82) is 0 Å². The van der Waals surface area contributed by atoms with E-state index in [4.69, 9.17) is 6.42 Å². The zero-order chi connectivity index (χ0) is 30.5. The highest BCUT2D eigenvalue weighted by Crippen LogP contribution is 2.16. The van der Waals surface area contributed by atoms with Crippen LogP contribution in [0.2, 0.25) is 0 Å². The van der Waals surface area contributed by atoms with E-state index in [9.17, 15) is 24.6 Å². The second-order valence-electron chi connectivity index (χ2n) is 10.4. The minimum atomic E-state index is -1.07. The number of aromatic hydroxyl groups is 1. The van der Waals surface area contributed by atoms with Gasteiger partial charge in [-0.2, -0.15) is 0 Å². The summed E-state index contributed by atoms with van der Waals surface area (Å²) >= 11 is 0. The maximum Gasteiger partial charge on any atom is 0.253 e. The maximum absolute atomic E-state index is 13.6. The molecule has 0 bridgehead atoms. The molecule has 0 saturated heterocycles. The van der Waals surface area contributed by atoms with Crippen molar-refractivity contribution in [3.63, 3.8) is 0 Å². The Hall–Kier alpha value is -3.87. The number of nitrogens with one attached hydrogen (secondary N) is 2. The van der Waals surface area contributed by atoms with E-state index in [1.165, 1.54) is 18.2 Å². The van der Waals surface area contributed by atoms with E-state index in [1.807, 2.05) is 20.8 Å². The molecule has 0 fully saturated rings. The lowest BCUT2D eigenvalue weighted by Crippen LogP contribution is -2.53. The van der Waals surface area contributed by atoms with Gasteiger partial charge < -0.3 is 20.4 Å². The molecular formula is C32H44N4O5. The molecule has 0 saturated carbocycles. The summed E-state index contributed by atoms with van der Waals surface area (Å²) < 4.78 is 0. The van der Waals surface area contributed by atoms with Crippen LogP contribution in [0, 0.1) is 18.3 Å². The third-order valence-electron chi connectivity index (χ3n) is 6.64. The van der Waals surface area contributed by atoms with E-state index in [2.05, 4.69) is 16.7 Å². The molecule has 41 heavy (non-hydrogen) atoms. The standard InChI is InChI=1S/C32H44N4O5/c1-7-15-35(16-8-2)32(41)26-18-23(9-3)17-25(20-26)31(40)33-28(19-24-11-13-27(37)14-12-24)29(38)21-36(10-4)34-30(39)22(5)6/h3,11-14,17-18,20,22,28-29,37-38H,7-8,10,15-16,19,21H2,1-2,4-6H3,(H,33,40)(H,34,39). The lowest BCUT2D eigenvalue weighted by Gasteiger charge is -2.30. The highest BCUT2D eigenvalue weighted by molar-refractivity contribution is 6.00. The summed E-state index contributed by atoms with van der Waals surface area (Å²) in [5, 5.41) is 25.5. The number of carbonyl (C=O) groups is 3. The quantitative estimate of drug-likeness (QED) is 0.194. The van der Waals surface area contributed by atoms with Crippen LogP contribution in [0.25, 0.3) is 0 Å². The van der Waals surface area contributed by atoms with Crippen molar-refractivity contribution < 1.29 is 24.6 Å². The molecule has 0 aromatic heterocycles. The Labute approximate surface area is 243 Å². The molecule has 2 unspecified atom stereocenters. The number of phenolic OH excluding ortho intramolecular Hbond substituents is 1. The molecule has 0 spiro atoms. The van der Waals surface area contributed by atoms with Crippen LogP contribution >= 0.6 is 0 Å².